The Morgan fingerprint density at radius 2 is 1.53 bits per heavy atom. The molecule has 0 fully saturated rings. The third kappa shape index (κ3) is 7.09. The Balaban J connectivity index is 0.000000288. The number of hydrogen-bond acceptors (Lipinski definition) is 4. The van der Waals surface area contributed by atoms with E-state index in [1.807, 2.05) is 6.07 Å². The van der Waals surface area contributed by atoms with E-state index in [4.69, 9.17) is 10.0 Å². The summed E-state index contributed by atoms with van der Waals surface area (Å²) in [5, 5.41) is 17.2. The second-order valence-electron chi connectivity index (χ2n) is 2.87. The minimum atomic E-state index is -2.33. The molecule has 15 heavy (non-hydrogen) atoms. The molecule has 1 rings (SSSR count). The minimum absolute atomic E-state index is 0.525. The van der Waals surface area contributed by atoms with Crippen molar-refractivity contribution in [2.24, 2.45) is 0 Å². The maximum Gasteiger partial charge on any atom is 0.488 e. The standard InChI is InChI=1S/C6H7BO2.C2H7NO2S/c8-7(9)6-4-2-1-3-5-6;1-3(2)6(4)5/h1-5,8-9H;6H,1-2H3. The van der Waals surface area contributed by atoms with Crippen molar-refractivity contribution in [3.05, 3.63) is 30.3 Å². The maximum absolute atomic E-state index is 9.66. The Labute approximate surface area is 91.2 Å². The first-order chi connectivity index (χ1) is 6.95. The Hall–Kier alpha value is -0.885. The van der Waals surface area contributed by atoms with Gasteiger partial charge < -0.3 is 10.0 Å². The molecule has 0 aliphatic heterocycles. The summed E-state index contributed by atoms with van der Waals surface area (Å²) in [5.74, 6) is 0. The van der Waals surface area contributed by atoms with E-state index in [1.165, 1.54) is 14.1 Å². The van der Waals surface area contributed by atoms with Gasteiger partial charge in [-0.3, -0.25) is 0 Å². The first-order valence-corrected chi connectivity index (χ1v) is 5.31. The van der Waals surface area contributed by atoms with E-state index in [-0.39, 0.29) is 0 Å². The highest BCUT2D eigenvalue weighted by molar-refractivity contribution is 7.69. The molecule has 1 aromatic rings. The largest absolute Gasteiger partial charge is 0.488 e. The van der Waals surface area contributed by atoms with Gasteiger partial charge in [-0.1, -0.05) is 30.3 Å². The highest BCUT2D eigenvalue weighted by Crippen LogP contribution is 1.82. The van der Waals surface area contributed by atoms with Gasteiger partial charge in [0.05, 0.1) is 0 Å². The summed E-state index contributed by atoms with van der Waals surface area (Å²) in [5.41, 5.74) is 0.525. The van der Waals surface area contributed by atoms with Crippen LogP contribution < -0.4 is 5.46 Å². The van der Waals surface area contributed by atoms with Gasteiger partial charge in [0.2, 0.25) is 10.9 Å². The Morgan fingerprint density at radius 1 is 1.13 bits per heavy atom. The summed E-state index contributed by atoms with van der Waals surface area (Å²) in [6.45, 7) is 0. The molecule has 5 nitrogen and oxygen atoms in total. The second kappa shape index (κ2) is 7.41. The van der Waals surface area contributed by atoms with Gasteiger partial charge in [0, 0.05) is 14.1 Å². The van der Waals surface area contributed by atoms with Crippen molar-refractivity contribution in [2.75, 3.05) is 14.1 Å². The Kier molecular flexibility index (Phi) is 6.97. The zero-order valence-electron chi connectivity index (χ0n) is 8.57. The molecule has 1 aromatic carbocycles. The van der Waals surface area contributed by atoms with E-state index in [0.717, 1.165) is 4.31 Å². The molecule has 0 aliphatic carbocycles. The van der Waals surface area contributed by atoms with E-state index in [2.05, 4.69) is 0 Å². The van der Waals surface area contributed by atoms with Crippen molar-refractivity contribution < 1.29 is 18.5 Å². The van der Waals surface area contributed by atoms with Crippen LogP contribution in [0.4, 0.5) is 0 Å². The molecule has 0 radical (unpaired) electrons. The molecule has 84 valence electrons. The number of hydrogen-bond donors (Lipinski definition) is 3. The molecule has 0 saturated carbocycles. The summed E-state index contributed by atoms with van der Waals surface area (Å²) in [6.07, 6.45) is 0. The summed E-state index contributed by atoms with van der Waals surface area (Å²) in [7, 11) is -0.712. The van der Waals surface area contributed by atoms with Crippen LogP contribution in [0.15, 0.2) is 30.3 Å². The molecule has 0 aromatic heterocycles. The van der Waals surface area contributed by atoms with Crippen molar-refractivity contribution in [1.29, 1.82) is 0 Å². The van der Waals surface area contributed by atoms with E-state index in [0.29, 0.717) is 5.46 Å². The van der Waals surface area contributed by atoms with Crippen LogP contribution in [0, 0.1) is 0 Å². The number of nitrogens with zero attached hydrogens (tertiary/aromatic N) is 1. The van der Waals surface area contributed by atoms with Crippen molar-refractivity contribution in [3.8, 4) is 0 Å². The lowest BCUT2D eigenvalue weighted by atomic mass is 9.81. The molecule has 0 amide bonds. The van der Waals surface area contributed by atoms with Gasteiger partial charge in [0.25, 0.3) is 0 Å². The SMILES string of the molecule is CN(C)[SH](=O)=O.OB(O)c1ccccc1. The molecular weight excluding hydrogens is 217 g/mol. The fourth-order valence-electron chi connectivity index (χ4n) is 0.625. The first kappa shape index (κ1) is 14.1. The third-order valence-corrected chi connectivity index (χ3v) is 2.08. The van der Waals surface area contributed by atoms with Crippen molar-refractivity contribution in [1.82, 2.24) is 4.31 Å². The van der Waals surface area contributed by atoms with Gasteiger partial charge in [-0.2, -0.15) is 0 Å². The Morgan fingerprint density at radius 3 is 1.73 bits per heavy atom. The molecule has 2 N–H and O–H groups in total. The second-order valence-corrected chi connectivity index (χ2v) is 4.15. The van der Waals surface area contributed by atoms with Crippen molar-refractivity contribution in [3.63, 3.8) is 0 Å². The van der Waals surface area contributed by atoms with Gasteiger partial charge in [-0.05, 0) is 5.46 Å². The van der Waals surface area contributed by atoms with Crippen LogP contribution >= 0.6 is 0 Å². The Bertz CT molecular complexity index is 332. The molecule has 0 bridgehead atoms. The smallest absolute Gasteiger partial charge is 0.423 e. The van der Waals surface area contributed by atoms with Crippen LogP contribution in [0.25, 0.3) is 0 Å². The van der Waals surface area contributed by atoms with Gasteiger partial charge in [0.15, 0.2) is 0 Å². The monoisotopic (exact) mass is 231 g/mol. The van der Waals surface area contributed by atoms with E-state index < -0.39 is 18.0 Å². The van der Waals surface area contributed by atoms with E-state index >= 15 is 0 Å². The highest BCUT2D eigenvalue weighted by atomic mass is 32.2. The van der Waals surface area contributed by atoms with Crippen LogP contribution in [-0.4, -0.2) is 44.0 Å². The lowest BCUT2D eigenvalue weighted by molar-refractivity contribution is 0.426. The fraction of sp³-hybridized carbons (Fsp3) is 0.250. The topological polar surface area (TPSA) is 77.8 Å². The predicted molar refractivity (Wildman–Crippen MR) is 60.3 cm³/mol. The molecule has 0 aliphatic rings. The first-order valence-electron chi connectivity index (χ1n) is 4.18. The molecule has 0 saturated heterocycles. The van der Waals surface area contributed by atoms with Crippen molar-refractivity contribution >= 4 is 23.5 Å². The van der Waals surface area contributed by atoms with E-state index in [9.17, 15) is 8.42 Å². The van der Waals surface area contributed by atoms with Gasteiger partial charge in [-0.15, -0.1) is 0 Å². The van der Waals surface area contributed by atoms with Crippen LogP contribution in [0.1, 0.15) is 0 Å². The average Bonchev–Trinajstić information content (AvgIpc) is 2.20. The number of benzene rings is 1. The van der Waals surface area contributed by atoms with Gasteiger partial charge >= 0.3 is 7.12 Å². The number of rotatable bonds is 2. The van der Waals surface area contributed by atoms with Crippen LogP contribution in [0.5, 0.6) is 0 Å². The lowest BCUT2D eigenvalue weighted by Crippen LogP contribution is -2.29. The molecular formula is C8H14BNO4S. The minimum Gasteiger partial charge on any atom is -0.423 e. The summed E-state index contributed by atoms with van der Waals surface area (Å²) in [4.78, 5) is 0. The zero-order valence-corrected chi connectivity index (χ0v) is 9.46. The summed E-state index contributed by atoms with van der Waals surface area (Å²) < 4.78 is 20.4. The molecule has 0 unspecified atom stereocenters. The maximum atomic E-state index is 9.66. The molecule has 0 atom stereocenters. The quantitative estimate of drug-likeness (QED) is 0.425. The van der Waals surface area contributed by atoms with Crippen LogP contribution in [0.3, 0.4) is 0 Å². The normalized spacial score (nSPS) is 9.73. The van der Waals surface area contributed by atoms with Crippen LogP contribution in [-0.2, 0) is 10.9 Å². The molecule has 7 heteroatoms. The number of thiol groups is 1. The average molecular weight is 231 g/mol. The summed E-state index contributed by atoms with van der Waals surface area (Å²) >= 11 is 0. The third-order valence-electron chi connectivity index (χ3n) is 1.42. The zero-order chi connectivity index (χ0) is 11.8. The summed E-state index contributed by atoms with van der Waals surface area (Å²) in [6, 6.07) is 8.66. The molecule has 0 spiro atoms. The fourth-order valence-corrected chi connectivity index (χ4v) is 0.625. The molecule has 0 heterocycles. The van der Waals surface area contributed by atoms with Crippen LogP contribution in [0.2, 0.25) is 0 Å². The van der Waals surface area contributed by atoms with Crippen molar-refractivity contribution in [2.45, 2.75) is 0 Å². The van der Waals surface area contributed by atoms with Gasteiger partial charge in [0.1, 0.15) is 0 Å². The highest BCUT2D eigenvalue weighted by Gasteiger charge is 2.07. The van der Waals surface area contributed by atoms with Gasteiger partial charge in [-0.25, -0.2) is 12.7 Å². The lowest BCUT2D eigenvalue weighted by Gasteiger charge is -1.94. The van der Waals surface area contributed by atoms with E-state index in [1.54, 1.807) is 24.3 Å². The predicted octanol–water partition coefficient (Wildman–Crippen LogP) is -1.56.